The summed E-state index contributed by atoms with van der Waals surface area (Å²) < 4.78 is 11.6. The summed E-state index contributed by atoms with van der Waals surface area (Å²) in [6, 6.07) is 20.0. The Morgan fingerprint density at radius 3 is 2.46 bits per heavy atom. The van der Waals surface area contributed by atoms with E-state index < -0.39 is 0 Å². The summed E-state index contributed by atoms with van der Waals surface area (Å²) in [4.78, 5) is 23.8. The van der Waals surface area contributed by atoms with Gasteiger partial charge < -0.3 is 14.1 Å². The number of oxazole rings is 1. The number of nitrogens with zero attached hydrogens (tertiary/aromatic N) is 5. The van der Waals surface area contributed by atoms with Crippen LogP contribution in [0.5, 0.6) is 5.75 Å². The van der Waals surface area contributed by atoms with Crippen molar-refractivity contribution in [2.75, 3.05) is 38.2 Å². The van der Waals surface area contributed by atoms with Crippen LogP contribution in [0.3, 0.4) is 0 Å². The number of carbonyl (C=O) groups is 1. The number of thiocarbonyl (C=S) groups is 1. The quantitative estimate of drug-likeness (QED) is 0.328. The van der Waals surface area contributed by atoms with Gasteiger partial charge in [0, 0.05) is 38.8 Å². The predicted octanol–water partition coefficient (Wildman–Crippen LogP) is 4.28. The summed E-state index contributed by atoms with van der Waals surface area (Å²) in [6.45, 7) is 4.39. The Labute approximate surface area is 225 Å². The average molecular weight is 532 g/mol. The highest BCUT2D eigenvalue weighted by atomic mass is 32.2. The molecule has 5 rings (SSSR count). The number of hydrogen-bond acceptors (Lipinski definition) is 9. The Morgan fingerprint density at radius 1 is 1.08 bits per heavy atom. The fourth-order valence-electron chi connectivity index (χ4n) is 4.29. The van der Waals surface area contributed by atoms with Crippen LogP contribution in [-0.4, -0.2) is 58.3 Å². The van der Waals surface area contributed by atoms with Crippen LogP contribution < -0.4 is 9.64 Å². The number of nitriles is 1. The zero-order valence-electron chi connectivity index (χ0n) is 20.3. The van der Waals surface area contributed by atoms with E-state index in [-0.39, 0.29) is 17.5 Å². The van der Waals surface area contributed by atoms with Crippen molar-refractivity contribution < 1.29 is 13.9 Å². The first kappa shape index (κ1) is 25.0. The van der Waals surface area contributed by atoms with Crippen LogP contribution >= 0.6 is 24.0 Å². The van der Waals surface area contributed by atoms with E-state index in [1.165, 1.54) is 17.3 Å². The van der Waals surface area contributed by atoms with E-state index in [0.717, 1.165) is 44.0 Å². The van der Waals surface area contributed by atoms with Crippen LogP contribution in [0.2, 0.25) is 0 Å². The number of piperazine rings is 1. The smallest absolute Gasteiger partial charge is 0.266 e. The topological polar surface area (TPSA) is 85.8 Å². The van der Waals surface area contributed by atoms with Crippen molar-refractivity contribution in [1.29, 1.82) is 5.26 Å². The number of benzene rings is 2. The monoisotopic (exact) mass is 531 g/mol. The Bertz CT molecular complexity index is 1360. The molecule has 0 N–H and O–H groups in total. The molecule has 2 aliphatic heterocycles. The van der Waals surface area contributed by atoms with Gasteiger partial charge >= 0.3 is 0 Å². The van der Waals surface area contributed by atoms with Crippen LogP contribution in [0.1, 0.15) is 22.7 Å². The van der Waals surface area contributed by atoms with Crippen molar-refractivity contribution in [2.24, 2.45) is 0 Å². The van der Waals surface area contributed by atoms with Crippen LogP contribution in [0.15, 0.2) is 63.9 Å². The van der Waals surface area contributed by atoms with Crippen LogP contribution in [0.4, 0.5) is 5.88 Å². The highest BCUT2D eigenvalue weighted by Crippen LogP contribution is 2.34. The molecule has 0 aliphatic carbocycles. The van der Waals surface area contributed by atoms with Crippen molar-refractivity contribution in [3.05, 3.63) is 82.2 Å². The van der Waals surface area contributed by atoms with E-state index in [4.69, 9.17) is 21.4 Å². The molecule has 2 aliphatic rings. The number of rotatable bonds is 7. The van der Waals surface area contributed by atoms with Gasteiger partial charge in [-0.25, -0.2) is 0 Å². The van der Waals surface area contributed by atoms with E-state index in [1.54, 1.807) is 18.1 Å². The summed E-state index contributed by atoms with van der Waals surface area (Å²) in [5.41, 5.74) is 2.44. The molecule has 0 atom stereocenters. The van der Waals surface area contributed by atoms with Gasteiger partial charge in [-0.15, -0.1) is 0 Å². The molecule has 188 valence electrons. The second-order valence-corrected chi connectivity index (χ2v) is 10.4. The number of methoxy groups -OCH3 is 1. The summed E-state index contributed by atoms with van der Waals surface area (Å²) in [5, 5.41) is 9.67. The number of ether oxygens (including phenoxy) is 1. The first-order chi connectivity index (χ1) is 18.0. The summed E-state index contributed by atoms with van der Waals surface area (Å²) in [7, 11) is 1.61. The lowest BCUT2D eigenvalue weighted by atomic mass is 10.2. The van der Waals surface area contributed by atoms with Gasteiger partial charge in [0.2, 0.25) is 17.5 Å². The van der Waals surface area contributed by atoms with Crippen LogP contribution in [0.25, 0.3) is 6.08 Å². The molecule has 0 bridgehead atoms. The highest BCUT2D eigenvalue weighted by molar-refractivity contribution is 8.26. The van der Waals surface area contributed by atoms with Gasteiger partial charge in [0.15, 0.2) is 0 Å². The zero-order valence-corrected chi connectivity index (χ0v) is 21.9. The molecule has 0 spiro atoms. The summed E-state index contributed by atoms with van der Waals surface area (Å²) in [6.07, 6.45) is 1.57. The van der Waals surface area contributed by atoms with Crippen molar-refractivity contribution in [1.82, 2.24) is 14.8 Å². The normalized spacial score (nSPS) is 17.5. The molecule has 2 fully saturated rings. The summed E-state index contributed by atoms with van der Waals surface area (Å²) >= 11 is 6.66. The lowest BCUT2D eigenvalue weighted by Crippen LogP contribution is -2.46. The maximum absolute atomic E-state index is 13.1. The third-order valence-corrected chi connectivity index (χ3v) is 7.65. The number of hydrogen-bond donors (Lipinski definition) is 0. The van der Waals surface area contributed by atoms with Crippen molar-refractivity contribution in [2.45, 2.75) is 13.1 Å². The molecule has 3 heterocycles. The second kappa shape index (κ2) is 11.2. The van der Waals surface area contributed by atoms with E-state index in [9.17, 15) is 10.1 Å². The fourth-order valence-corrected chi connectivity index (χ4v) is 5.51. The van der Waals surface area contributed by atoms with Gasteiger partial charge in [0.1, 0.15) is 16.1 Å². The SMILES string of the molecule is COc1ccc(CN2C(=O)/C(=C\c3nc(C#N)c(N4CCN(Cc5ccccc5)CC4)o3)SC2=S)cc1. The van der Waals surface area contributed by atoms with Gasteiger partial charge in [0.05, 0.1) is 18.6 Å². The van der Waals surface area contributed by atoms with E-state index in [1.807, 2.05) is 47.4 Å². The van der Waals surface area contributed by atoms with E-state index in [0.29, 0.717) is 21.7 Å². The lowest BCUT2D eigenvalue weighted by molar-refractivity contribution is -0.122. The summed E-state index contributed by atoms with van der Waals surface area (Å²) in [5.74, 6) is 1.21. The molecule has 3 aromatic rings. The average Bonchev–Trinajstić information content (AvgIpc) is 3.46. The van der Waals surface area contributed by atoms with Gasteiger partial charge in [0.25, 0.3) is 5.91 Å². The first-order valence-corrected chi connectivity index (χ1v) is 13.1. The van der Waals surface area contributed by atoms with Gasteiger partial charge in [-0.2, -0.15) is 10.2 Å². The minimum absolute atomic E-state index is 0.210. The van der Waals surface area contributed by atoms with Gasteiger partial charge in [-0.05, 0) is 23.3 Å². The molecule has 8 nitrogen and oxygen atoms in total. The predicted molar refractivity (Wildman–Crippen MR) is 147 cm³/mol. The Morgan fingerprint density at radius 2 is 1.78 bits per heavy atom. The van der Waals surface area contributed by atoms with Crippen LogP contribution in [-0.2, 0) is 17.9 Å². The van der Waals surface area contributed by atoms with Crippen molar-refractivity contribution in [3.63, 3.8) is 0 Å². The van der Waals surface area contributed by atoms with Gasteiger partial charge in [-0.1, -0.05) is 66.4 Å². The second-order valence-electron chi connectivity index (χ2n) is 8.68. The maximum Gasteiger partial charge on any atom is 0.266 e. The number of amides is 1. The number of carbonyl (C=O) groups excluding carboxylic acids is 1. The molecular weight excluding hydrogens is 506 g/mol. The molecule has 1 amide bonds. The molecule has 10 heteroatoms. The molecule has 2 saturated heterocycles. The van der Waals surface area contributed by atoms with Crippen molar-refractivity contribution in [3.8, 4) is 11.8 Å². The van der Waals surface area contributed by atoms with Gasteiger partial charge in [-0.3, -0.25) is 14.6 Å². The Kier molecular flexibility index (Phi) is 7.55. The molecule has 0 radical (unpaired) electrons. The van der Waals surface area contributed by atoms with E-state index >= 15 is 0 Å². The molecule has 1 aromatic heterocycles. The minimum Gasteiger partial charge on any atom is -0.497 e. The number of anilines is 1. The molecule has 0 saturated carbocycles. The molecular formula is C27H25N5O3S2. The Balaban J connectivity index is 1.25. The van der Waals surface area contributed by atoms with Crippen molar-refractivity contribution >= 4 is 46.2 Å². The third-order valence-electron chi connectivity index (χ3n) is 6.27. The Hall–Kier alpha value is -3.65. The standard InChI is InChI=1S/C27H25N5O3S2/c1-34-21-9-7-20(8-10-21)18-32-25(33)23(37-27(32)36)15-24-29-22(16-28)26(35-24)31-13-11-30(12-14-31)17-19-5-3-2-4-6-19/h2-10,15H,11-14,17-18H2,1H3/b23-15+. The molecule has 2 aromatic carbocycles. The maximum atomic E-state index is 13.1. The zero-order chi connectivity index (χ0) is 25.8. The van der Waals surface area contributed by atoms with E-state index in [2.05, 4.69) is 28.1 Å². The number of aromatic nitrogens is 1. The fraction of sp³-hybridized carbons (Fsp3) is 0.259. The first-order valence-electron chi connectivity index (χ1n) is 11.8. The minimum atomic E-state index is -0.210. The van der Waals surface area contributed by atoms with Crippen LogP contribution in [0, 0.1) is 11.3 Å². The third kappa shape index (κ3) is 5.69. The molecule has 37 heavy (non-hydrogen) atoms. The largest absolute Gasteiger partial charge is 0.497 e. The molecule has 0 unspecified atom stereocenters. The lowest BCUT2D eigenvalue weighted by Gasteiger charge is -2.34. The highest BCUT2D eigenvalue weighted by Gasteiger charge is 2.33. The number of thioether (sulfide) groups is 1.